The van der Waals surface area contributed by atoms with E-state index >= 15 is 0 Å². The summed E-state index contributed by atoms with van der Waals surface area (Å²) in [5.74, 6) is -1.38. The van der Waals surface area contributed by atoms with Crippen LogP contribution in [0.3, 0.4) is 0 Å². The van der Waals surface area contributed by atoms with E-state index in [1.165, 1.54) is 12.1 Å². The predicted octanol–water partition coefficient (Wildman–Crippen LogP) is 1.75. The van der Waals surface area contributed by atoms with E-state index in [2.05, 4.69) is 5.32 Å². The highest BCUT2D eigenvalue weighted by Gasteiger charge is 2.20. The van der Waals surface area contributed by atoms with Gasteiger partial charge in [0.05, 0.1) is 6.42 Å². The van der Waals surface area contributed by atoms with Crippen molar-refractivity contribution in [1.82, 2.24) is 10.2 Å². The molecule has 0 aromatic heterocycles. The number of piperazine rings is 1. The molecule has 3 nitrogen and oxygen atoms in total. The van der Waals surface area contributed by atoms with Crippen LogP contribution in [0.25, 0.3) is 0 Å². The summed E-state index contributed by atoms with van der Waals surface area (Å²) < 4.78 is 26.0. The number of nitrogens with one attached hydrogen (secondary N) is 1. The van der Waals surface area contributed by atoms with Crippen LogP contribution < -0.4 is 5.32 Å². The number of rotatable bonds is 2. The van der Waals surface area contributed by atoms with Crippen molar-refractivity contribution >= 4 is 18.3 Å². The van der Waals surface area contributed by atoms with Gasteiger partial charge in [-0.3, -0.25) is 4.79 Å². The lowest BCUT2D eigenvalue weighted by Gasteiger charge is -2.32. The Morgan fingerprint density at radius 1 is 1.37 bits per heavy atom. The minimum absolute atomic E-state index is 0. The molecule has 1 atom stereocenters. The van der Waals surface area contributed by atoms with E-state index in [4.69, 9.17) is 0 Å². The first-order valence-electron chi connectivity index (χ1n) is 6.01. The minimum Gasteiger partial charge on any atom is -0.340 e. The first-order chi connectivity index (χ1) is 8.54. The second kappa shape index (κ2) is 6.82. The van der Waals surface area contributed by atoms with Gasteiger partial charge in [0.15, 0.2) is 0 Å². The molecule has 2 rings (SSSR count). The van der Waals surface area contributed by atoms with Crippen molar-refractivity contribution in [3.63, 3.8) is 0 Å². The summed E-state index contributed by atoms with van der Waals surface area (Å²) in [4.78, 5) is 13.7. The molecule has 1 fully saturated rings. The lowest BCUT2D eigenvalue weighted by atomic mass is 10.1. The maximum Gasteiger partial charge on any atom is 0.227 e. The minimum atomic E-state index is -0.647. The average Bonchev–Trinajstić information content (AvgIpc) is 2.27. The largest absolute Gasteiger partial charge is 0.340 e. The first kappa shape index (κ1) is 15.9. The molecule has 1 saturated heterocycles. The zero-order valence-corrected chi connectivity index (χ0v) is 11.5. The molecule has 1 aromatic rings. The fourth-order valence-electron chi connectivity index (χ4n) is 2.16. The molecule has 1 N–H and O–H groups in total. The van der Waals surface area contributed by atoms with Crippen molar-refractivity contribution in [2.24, 2.45) is 0 Å². The fourth-order valence-corrected chi connectivity index (χ4v) is 2.16. The van der Waals surface area contributed by atoms with Gasteiger partial charge in [0.1, 0.15) is 11.6 Å². The molecule has 1 aliphatic rings. The monoisotopic (exact) mass is 290 g/mol. The molecule has 0 saturated carbocycles. The number of carbonyl (C=O) groups excluding carboxylic acids is 1. The van der Waals surface area contributed by atoms with Crippen LogP contribution in [0.15, 0.2) is 18.2 Å². The lowest BCUT2D eigenvalue weighted by Crippen LogP contribution is -2.51. The Morgan fingerprint density at radius 3 is 2.58 bits per heavy atom. The molecule has 0 radical (unpaired) electrons. The van der Waals surface area contributed by atoms with Gasteiger partial charge >= 0.3 is 0 Å². The van der Waals surface area contributed by atoms with Gasteiger partial charge in [-0.15, -0.1) is 12.4 Å². The van der Waals surface area contributed by atoms with Gasteiger partial charge in [0.25, 0.3) is 0 Å². The molecule has 0 bridgehead atoms. The third kappa shape index (κ3) is 4.44. The van der Waals surface area contributed by atoms with Gasteiger partial charge in [0.2, 0.25) is 5.91 Å². The van der Waals surface area contributed by atoms with Crippen molar-refractivity contribution < 1.29 is 13.6 Å². The Hall–Kier alpha value is -1.20. The van der Waals surface area contributed by atoms with E-state index in [-0.39, 0.29) is 30.8 Å². The van der Waals surface area contributed by atoms with Gasteiger partial charge in [-0.25, -0.2) is 8.78 Å². The Balaban J connectivity index is 0.00000180. The van der Waals surface area contributed by atoms with Crippen LogP contribution in [-0.2, 0) is 11.2 Å². The standard InChI is InChI=1S/C13H16F2N2O.ClH/c1-9-8-17(3-2-16-9)13(18)6-10-4-11(14)7-12(15)5-10;/h4-5,7,9,16H,2-3,6,8H2,1H3;1H/t9-;/m0./s1. The zero-order valence-electron chi connectivity index (χ0n) is 10.7. The molecule has 1 amide bonds. The molecule has 6 heteroatoms. The number of halogens is 3. The summed E-state index contributed by atoms with van der Waals surface area (Å²) >= 11 is 0. The molecule has 19 heavy (non-hydrogen) atoms. The van der Waals surface area contributed by atoms with E-state index in [9.17, 15) is 13.6 Å². The Labute approximate surface area is 117 Å². The SMILES string of the molecule is C[C@H]1CN(C(=O)Cc2cc(F)cc(F)c2)CCN1.Cl. The predicted molar refractivity (Wildman–Crippen MR) is 71.4 cm³/mol. The third-order valence-electron chi connectivity index (χ3n) is 3.00. The summed E-state index contributed by atoms with van der Waals surface area (Å²) in [6.07, 6.45) is 0.0431. The van der Waals surface area contributed by atoms with Crippen LogP contribution in [-0.4, -0.2) is 36.5 Å². The normalized spacial score (nSPS) is 18.9. The molecule has 0 spiro atoms. The quantitative estimate of drug-likeness (QED) is 0.900. The van der Waals surface area contributed by atoms with Gasteiger partial charge in [-0.2, -0.15) is 0 Å². The number of benzene rings is 1. The van der Waals surface area contributed by atoms with E-state index < -0.39 is 11.6 Å². The van der Waals surface area contributed by atoms with Gasteiger partial charge in [-0.1, -0.05) is 0 Å². The van der Waals surface area contributed by atoms with Gasteiger partial charge in [0, 0.05) is 31.7 Å². The highest BCUT2D eigenvalue weighted by atomic mass is 35.5. The number of hydrogen-bond acceptors (Lipinski definition) is 2. The van der Waals surface area contributed by atoms with E-state index in [0.29, 0.717) is 18.7 Å². The number of hydrogen-bond donors (Lipinski definition) is 1. The highest BCUT2D eigenvalue weighted by Crippen LogP contribution is 2.10. The van der Waals surface area contributed by atoms with E-state index in [0.717, 1.165) is 12.6 Å². The van der Waals surface area contributed by atoms with Crippen LogP contribution in [0.4, 0.5) is 8.78 Å². The van der Waals surface area contributed by atoms with Crippen LogP contribution in [0.1, 0.15) is 12.5 Å². The Kier molecular flexibility index (Phi) is 5.69. The topological polar surface area (TPSA) is 32.3 Å². The van der Waals surface area contributed by atoms with Crippen LogP contribution >= 0.6 is 12.4 Å². The van der Waals surface area contributed by atoms with E-state index in [1.54, 1.807) is 4.90 Å². The van der Waals surface area contributed by atoms with E-state index in [1.807, 2.05) is 6.92 Å². The van der Waals surface area contributed by atoms with Crippen molar-refractivity contribution in [2.45, 2.75) is 19.4 Å². The van der Waals surface area contributed by atoms with Crippen molar-refractivity contribution in [3.8, 4) is 0 Å². The first-order valence-corrected chi connectivity index (χ1v) is 6.01. The van der Waals surface area contributed by atoms with Crippen LogP contribution in [0.2, 0.25) is 0 Å². The third-order valence-corrected chi connectivity index (χ3v) is 3.00. The lowest BCUT2D eigenvalue weighted by molar-refractivity contribution is -0.131. The maximum absolute atomic E-state index is 13.0. The van der Waals surface area contributed by atoms with Crippen LogP contribution in [0, 0.1) is 11.6 Å². The smallest absolute Gasteiger partial charge is 0.227 e. The number of carbonyl (C=O) groups is 1. The molecular weight excluding hydrogens is 274 g/mol. The second-order valence-corrected chi connectivity index (χ2v) is 4.65. The molecule has 106 valence electrons. The zero-order chi connectivity index (χ0) is 13.1. The van der Waals surface area contributed by atoms with Gasteiger partial charge in [-0.05, 0) is 24.6 Å². The summed E-state index contributed by atoms with van der Waals surface area (Å²) in [6.45, 7) is 4.03. The fraction of sp³-hybridized carbons (Fsp3) is 0.462. The van der Waals surface area contributed by atoms with Crippen LogP contribution in [0.5, 0.6) is 0 Å². The van der Waals surface area contributed by atoms with Crippen molar-refractivity contribution in [1.29, 1.82) is 0 Å². The molecular formula is C13H17ClF2N2O. The summed E-state index contributed by atoms with van der Waals surface area (Å²) in [6, 6.07) is 3.46. The number of amides is 1. The number of nitrogens with zero attached hydrogens (tertiary/aromatic N) is 1. The highest BCUT2D eigenvalue weighted by molar-refractivity contribution is 5.85. The molecule has 0 unspecified atom stereocenters. The second-order valence-electron chi connectivity index (χ2n) is 4.65. The van der Waals surface area contributed by atoms with Gasteiger partial charge < -0.3 is 10.2 Å². The molecule has 1 aromatic carbocycles. The maximum atomic E-state index is 13.0. The molecule has 1 aliphatic heterocycles. The average molecular weight is 291 g/mol. The summed E-state index contributed by atoms with van der Waals surface area (Å²) in [5, 5.41) is 3.24. The Bertz CT molecular complexity index is 436. The van der Waals surface area contributed by atoms with Crippen molar-refractivity contribution in [2.75, 3.05) is 19.6 Å². The molecule has 1 heterocycles. The molecule has 0 aliphatic carbocycles. The Morgan fingerprint density at radius 2 is 2.00 bits per heavy atom. The summed E-state index contributed by atoms with van der Waals surface area (Å²) in [5.41, 5.74) is 0.378. The summed E-state index contributed by atoms with van der Waals surface area (Å²) in [7, 11) is 0. The van der Waals surface area contributed by atoms with Crippen molar-refractivity contribution in [3.05, 3.63) is 35.4 Å².